The first-order valence-electron chi connectivity index (χ1n) is 7.13. The Labute approximate surface area is 132 Å². The van der Waals surface area contributed by atoms with Crippen LogP contribution in [0.3, 0.4) is 0 Å². The fourth-order valence-corrected chi connectivity index (χ4v) is 2.55. The van der Waals surface area contributed by atoms with Gasteiger partial charge in [-0.2, -0.15) is 0 Å². The van der Waals surface area contributed by atoms with Crippen LogP contribution >= 0.6 is 0 Å². The number of phenols is 2. The Morgan fingerprint density at radius 3 is 2.39 bits per heavy atom. The summed E-state index contributed by atoms with van der Waals surface area (Å²) in [5, 5.41) is 20.8. The molecule has 1 heterocycles. The largest absolute Gasteiger partial charge is 0.507 e. The smallest absolute Gasteiger partial charge is 0.193 e. The number of methoxy groups -OCH3 is 1. The van der Waals surface area contributed by atoms with E-state index in [1.54, 1.807) is 31.2 Å². The molecule has 5 nitrogen and oxygen atoms in total. The Balaban J connectivity index is 2.18. The van der Waals surface area contributed by atoms with Crippen molar-refractivity contribution >= 4 is 11.0 Å². The third kappa shape index (κ3) is 2.66. The second kappa shape index (κ2) is 5.78. The van der Waals surface area contributed by atoms with Gasteiger partial charge in [0.05, 0.1) is 17.1 Å². The molecule has 0 saturated heterocycles. The highest BCUT2D eigenvalue weighted by Crippen LogP contribution is 2.38. The summed E-state index contributed by atoms with van der Waals surface area (Å²) in [6.07, 6.45) is -0.465. The Bertz CT molecular complexity index is 903. The number of para-hydroxylation sites is 1. The van der Waals surface area contributed by atoms with Gasteiger partial charge in [0.1, 0.15) is 22.8 Å². The number of rotatable bonds is 3. The zero-order valence-corrected chi connectivity index (χ0v) is 12.7. The van der Waals surface area contributed by atoms with Crippen LogP contribution < -0.4 is 5.43 Å². The molecule has 2 aromatic carbocycles. The van der Waals surface area contributed by atoms with Crippen molar-refractivity contribution in [1.29, 1.82) is 0 Å². The molecule has 1 unspecified atom stereocenters. The predicted molar refractivity (Wildman–Crippen MR) is 86.7 cm³/mol. The first-order chi connectivity index (χ1) is 11.0. The van der Waals surface area contributed by atoms with Crippen LogP contribution in [0.1, 0.15) is 18.6 Å². The molecular weight excluding hydrogens is 296 g/mol. The van der Waals surface area contributed by atoms with Crippen molar-refractivity contribution in [2.75, 3.05) is 7.11 Å². The van der Waals surface area contributed by atoms with Gasteiger partial charge in [0.2, 0.25) is 0 Å². The molecule has 0 radical (unpaired) electrons. The lowest BCUT2D eigenvalue weighted by atomic mass is 10.0. The topological polar surface area (TPSA) is 79.9 Å². The van der Waals surface area contributed by atoms with Crippen molar-refractivity contribution in [1.82, 2.24) is 0 Å². The minimum absolute atomic E-state index is 0.120. The Morgan fingerprint density at radius 2 is 1.74 bits per heavy atom. The van der Waals surface area contributed by atoms with Crippen molar-refractivity contribution in [2.24, 2.45) is 0 Å². The number of aromatic hydroxyl groups is 2. The van der Waals surface area contributed by atoms with Crippen molar-refractivity contribution in [3.8, 4) is 22.8 Å². The van der Waals surface area contributed by atoms with E-state index in [0.717, 1.165) is 0 Å². The fraction of sp³-hybridized carbons (Fsp3) is 0.167. The van der Waals surface area contributed by atoms with Crippen LogP contribution in [0.2, 0.25) is 0 Å². The standard InChI is InChI=1S/C18H16O5/c1-10(22-2)18-14(20)7-11(8-15(18)21)17-9-13(19)12-5-3-4-6-16(12)23-17/h3-10,20-21H,1-2H3. The molecule has 118 valence electrons. The molecule has 2 N–H and O–H groups in total. The van der Waals surface area contributed by atoms with Crippen molar-refractivity contribution in [3.63, 3.8) is 0 Å². The average Bonchev–Trinajstić information content (AvgIpc) is 2.53. The minimum Gasteiger partial charge on any atom is -0.507 e. The van der Waals surface area contributed by atoms with E-state index in [9.17, 15) is 15.0 Å². The van der Waals surface area contributed by atoms with Gasteiger partial charge >= 0.3 is 0 Å². The summed E-state index contributed by atoms with van der Waals surface area (Å²) in [6.45, 7) is 1.71. The summed E-state index contributed by atoms with van der Waals surface area (Å²) < 4.78 is 10.8. The quantitative estimate of drug-likeness (QED) is 0.772. The molecule has 0 saturated carbocycles. The Morgan fingerprint density at radius 1 is 1.09 bits per heavy atom. The number of benzene rings is 2. The van der Waals surface area contributed by atoms with Gasteiger partial charge in [-0.1, -0.05) is 12.1 Å². The number of hydrogen-bond acceptors (Lipinski definition) is 5. The summed E-state index contributed by atoms with van der Waals surface area (Å²) in [6, 6.07) is 11.1. The molecule has 1 aromatic heterocycles. The zero-order chi connectivity index (χ0) is 16.6. The number of phenolic OH excluding ortho intramolecular Hbond substituents is 2. The van der Waals surface area contributed by atoms with E-state index in [1.807, 2.05) is 0 Å². The molecule has 0 bridgehead atoms. The third-order valence-electron chi connectivity index (χ3n) is 3.82. The molecule has 0 amide bonds. The monoisotopic (exact) mass is 312 g/mol. The van der Waals surface area contributed by atoms with Crippen LogP contribution in [0.4, 0.5) is 0 Å². The summed E-state index contributed by atoms with van der Waals surface area (Å²) in [5.74, 6) is 0.0336. The second-order valence-corrected chi connectivity index (χ2v) is 5.28. The SMILES string of the molecule is COC(C)c1c(O)cc(-c2cc(=O)c3ccccc3o2)cc1O. The first kappa shape index (κ1) is 15.1. The first-order valence-corrected chi connectivity index (χ1v) is 7.13. The minimum atomic E-state index is -0.465. The summed E-state index contributed by atoms with van der Waals surface area (Å²) >= 11 is 0. The summed E-state index contributed by atoms with van der Waals surface area (Å²) in [5.41, 5.74) is 0.966. The third-order valence-corrected chi connectivity index (χ3v) is 3.82. The normalized spacial score (nSPS) is 12.4. The maximum Gasteiger partial charge on any atom is 0.193 e. The highest BCUT2D eigenvalue weighted by atomic mass is 16.5. The van der Waals surface area contributed by atoms with Gasteiger partial charge in [0.25, 0.3) is 0 Å². The van der Waals surface area contributed by atoms with Gasteiger partial charge in [-0.15, -0.1) is 0 Å². The van der Waals surface area contributed by atoms with E-state index in [2.05, 4.69) is 0 Å². The van der Waals surface area contributed by atoms with E-state index in [1.165, 1.54) is 25.3 Å². The highest BCUT2D eigenvalue weighted by molar-refractivity contribution is 5.79. The molecule has 1 atom stereocenters. The highest BCUT2D eigenvalue weighted by Gasteiger charge is 2.18. The van der Waals surface area contributed by atoms with Gasteiger partial charge in [-0.25, -0.2) is 0 Å². The Hall–Kier alpha value is -2.79. The van der Waals surface area contributed by atoms with Crippen LogP contribution in [0.15, 0.2) is 51.7 Å². The second-order valence-electron chi connectivity index (χ2n) is 5.28. The molecule has 0 fully saturated rings. The van der Waals surface area contributed by atoms with E-state index in [0.29, 0.717) is 22.1 Å². The van der Waals surface area contributed by atoms with Crippen LogP contribution in [-0.4, -0.2) is 17.3 Å². The molecule has 23 heavy (non-hydrogen) atoms. The van der Waals surface area contributed by atoms with E-state index in [4.69, 9.17) is 9.15 Å². The molecule has 0 aliphatic heterocycles. The molecule has 0 aliphatic carbocycles. The van der Waals surface area contributed by atoms with E-state index in [-0.39, 0.29) is 22.7 Å². The predicted octanol–water partition coefficient (Wildman–Crippen LogP) is 3.58. The van der Waals surface area contributed by atoms with E-state index >= 15 is 0 Å². The fourth-order valence-electron chi connectivity index (χ4n) is 2.55. The van der Waals surface area contributed by atoms with Crippen LogP contribution in [0.5, 0.6) is 11.5 Å². The summed E-state index contributed by atoms with van der Waals surface area (Å²) in [4.78, 5) is 12.2. The number of ether oxygens (including phenoxy) is 1. The molecule has 0 aliphatic rings. The molecular formula is C18H16O5. The lowest BCUT2D eigenvalue weighted by molar-refractivity contribution is 0.114. The van der Waals surface area contributed by atoms with Gasteiger partial charge in [-0.3, -0.25) is 4.79 Å². The summed E-state index contributed by atoms with van der Waals surface area (Å²) in [7, 11) is 1.49. The lowest BCUT2D eigenvalue weighted by Gasteiger charge is -2.15. The molecule has 0 spiro atoms. The van der Waals surface area contributed by atoms with E-state index < -0.39 is 6.10 Å². The Kier molecular flexibility index (Phi) is 3.80. The molecule has 3 aromatic rings. The number of fused-ring (bicyclic) bond motifs is 1. The van der Waals surface area contributed by atoms with Gasteiger partial charge < -0.3 is 19.4 Å². The van der Waals surface area contributed by atoms with Crippen LogP contribution in [0.25, 0.3) is 22.3 Å². The maximum atomic E-state index is 12.2. The number of hydrogen-bond donors (Lipinski definition) is 2. The van der Waals surface area contributed by atoms with Gasteiger partial charge in [0.15, 0.2) is 5.43 Å². The van der Waals surface area contributed by atoms with Crippen molar-refractivity contribution in [3.05, 3.63) is 58.3 Å². The van der Waals surface area contributed by atoms with Gasteiger partial charge in [-0.05, 0) is 31.2 Å². The van der Waals surface area contributed by atoms with Gasteiger partial charge in [0, 0.05) is 18.7 Å². The average molecular weight is 312 g/mol. The van der Waals surface area contributed by atoms with Crippen molar-refractivity contribution < 1.29 is 19.4 Å². The van der Waals surface area contributed by atoms with Crippen molar-refractivity contribution in [2.45, 2.75) is 13.0 Å². The van der Waals surface area contributed by atoms with Crippen LogP contribution in [-0.2, 0) is 4.74 Å². The lowest BCUT2D eigenvalue weighted by Crippen LogP contribution is -2.01. The van der Waals surface area contributed by atoms with Crippen LogP contribution in [0, 0.1) is 0 Å². The maximum absolute atomic E-state index is 12.2. The zero-order valence-electron chi connectivity index (χ0n) is 12.7. The molecule has 3 rings (SSSR count). The molecule has 5 heteroatoms.